The molecule has 0 aliphatic carbocycles. The summed E-state index contributed by atoms with van der Waals surface area (Å²) >= 11 is 0. The molecule has 0 aromatic carbocycles. The van der Waals surface area contributed by atoms with Gasteiger partial charge in [0.2, 0.25) is 5.91 Å². The van der Waals surface area contributed by atoms with Gasteiger partial charge >= 0.3 is 5.97 Å². The summed E-state index contributed by atoms with van der Waals surface area (Å²) in [5.41, 5.74) is 0. The van der Waals surface area contributed by atoms with Crippen LogP contribution >= 0.6 is 0 Å². The van der Waals surface area contributed by atoms with Gasteiger partial charge in [0.1, 0.15) is 6.10 Å². The number of carbonyl (C=O) groups is 2. The second kappa shape index (κ2) is 53.0. The van der Waals surface area contributed by atoms with Gasteiger partial charge in [0.15, 0.2) is 0 Å². The number of carbonyl (C=O) groups excluding carboxylic acids is 2. The van der Waals surface area contributed by atoms with Gasteiger partial charge in [-0.05, 0) is 96.3 Å². The van der Waals surface area contributed by atoms with Gasteiger partial charge < -0.3 is 20.3 Å². The lowest BCUT2D eigenvalue weighted by Crippen LogP contribution is -2.46. The zero-order valence-electron chi connectivity index (χ0n) is 43.3. The topological polar surface area (TPSA) is 95.9 Å². The van der Waals surface area contributed by atoms with Gasteiger partial charge in [-0.2, -0.15) is 0 Å². The Morgan fingerprint density at radius 2 is 0.833 bits per heavy atom. The number of aliphatic hydroxyl groups excluding tert-OH is 2. The maximum atomic E-state index is 13.2. The number of hydrogen-bond donors (Lipinski definition) is 3. The maximum Gasteiger partial charge on any atom is 0.306 e. The van der Waals surface area contributed by atoms with Crippen molar-refractivity contribution in [2.24, 2.45) is 0 Å². The molecule has 0 spiro atoms. The molecule has 0 bridgehead atoms. The predicted octanol–water partition coefficient (Wildman–Crippen LogP) is 17.1. The van der Waals surface area contributed by atoms with E-state index in [2.05, 4.69) is 111 Å². The van der Waals surface area contributed by atoms with Crippen LogP contribution < -0.4 is 5.32 Å². The summed E-state index contributed by atoms with van der Waals surface area (Å²) in [6.07, 6.45) is 69.3. The molecule has 0 aromatic heterocycles. The van der Waals surface area contributed by atoms with Gasteiger partial charge in [0.25, 0.3) is 0 Å². The average Bonchev–Trinajstić information content (AvgIpc) is 3.31. The molecular formula is C60H105NO5. The highest BCUT2D eigenvalue weighted by Gasteiger charge is 2.24. The van der Waals surface area contributed by atoms with Crippen molar-refractivity contribution in [1.82, 2.24) is 5.32 Å². The quantitative estimate of drug-likeness (QED) is 0.0321. The molecule has 0 fully saturated rings. The molecule has 0 aromatic rings. The van der Waals surface area contributed by atoms with Crippen LogP contribution in [0.5, 0.6) is 0 Å². The average molecular weight is 921 g/mol. The third kappa shape index (κ3) is 47.5. The van der Waals surface area contributed by atoms with Crippen LogP contribution in [0.4, 0.5) is 0 Å². The summed E-state index contributed by atoms with van der Waals surface area (Å²) in [5, 5.41) is 23.8. The highest BCUT2D eigenvalue weighted by Crippen LogP contribution is 2.17. The molecule has 3 N–H and O–H groups in total. The van der Waals surface area contributed by atoms with E-state index in [0.717, 1.165) is 89.9 Å². The van der Waals surface area contributed by atoms with Crippen molar-refractivity contribution in [1.29, 1.82) is 0 Å². The molecule has 380 valence electrons. The molecule has 0 rings (SSSR count). The van der Waals surface area contributed by atoms with Crippen molar-refractivity contribution < 1.29 is 24.5 Å². The molecule has 6 heteroatoms. The minimum atomic E-state index is -0.807. The number of rotatable bonds is 49. The molecule has 0 aliphatic rings. The Bertz CT molecular complexity index is 1260. The lowest BCUT2D eigenvalue weighted by Gasteiger charge is -2.24. The first-order chi connectivity index (χ1) is 32.5. The normalized spacial score (nSPS) is 13.8. The number of allylic oxidation sites excluding steroid dienone is 14. The summed E-state index contributed by atoms with van der Waals surface area (Å²) < 4.78 is 5.93. The first-order valence-electron chi connectivity index (χ1n) is 27.8. The van der Waals surface area contributed by atoms with Crippen LogP contribution in [0.3, 0.4) is 0 Å². The van der Waals surface area contributed by atoms with Crippen molar-refractivity contribution in [2.45, 2.75) is 277 Å². The van der Waals surface area contributed by atoms with Gasteiger partial charge in [-0.3, -0.25) is 9.59 Å². The molecule has 0 radical (unpaired) electrons. The Morgan fingerprint density at radius 3 is 1.30 bits per heavy atom. The summed E-state index contributed by atoms with van der Waals surface area (Å²) in [4.78, 5) is 26.2. The van der Waals surface area contributed by atoms with E-state index in [1.165, 1.54) is 122 Å². The van der Waals surface area contributed by atoms with Gasteiger partial charge in [0.05, 0.1) is 25.2 Å². The third-order valence-corrected chi connectivity index (χ3v) is 12.2. The van der Waals surface area contributed by atoms with E-state index < -0.39 is 18.2 Å². The van der Waals surface area contributed by atoms with Crippen LogP contribution in [0.15, 0.2) is 85.1 Å². The molecule has 3 unspecified atom stereocenters. The molecule has 0 heterocycles. The standard InChI is InChI=1S/C60H105NO5/c1-4-7-10-13-16-19-22-24-26-28-29-31-33-35-38-41-44-47-50-53-60(65)66-56(51-48-45-42-39-37-34-32-30-27-25-23-20-17-14-11-8-5-2)54-59(64)61-57(55-62)58(63)52-49-46-43-40-36-21-18-15-12-9-6-3/h8,11,16-17,19-20,24-27,32,34,39,42,56-58,62-63H,4-7,9-10,12-15,18,21-23,28-31,33,35-38,40-41,43-55H2,1-3H3,(H,61,64)/b11-8-,19-16-,20-17-,26-24-,27-25-,34-32-,42-39-. The second-order valence-electron chi connectivity index (χ2n) is 18.6. The van der Waals surface area contributed by atoms with Crippen LogP contribution in [0.1, 0.15) is 258 Å². The van der Waals surface area contributed by atoms with E-state index in [1.54, 1.807) is 0 Å². The van der Waals surface area contributed by atoms with Crippen LogP contribution in [-0.2, 0) is 14.3 Å². The van der Waals surface area contributed by atoms with E-state index in [9.17, 15) is 19.8 Å². The summed E-state index contributed by atoms with van der Waals surface area (Å²) in [5.74, 6) is -0.535. The van der Waals surface area contributed by atoms with Crippen molar-refractivity contribution in [3.63, 3.8) is 0 Å². The number of ether oxygens (including phenoxy) is 1. The largest absolute Gasteiger partial charge is 0.462 e. The Morgan fingerprint density at radius 1 is 0.455 bits per heavy atom. The van der Waals surface area contributed by atoms with Crippen molar-refractivity contribution in [2.75, 3.05) is 6.61 Å². The zero-order chi connectivity index (χ0) is 48.1. The molecule has 0 saturated carbocycles. The van der Waals surface area contributed by atoms with Crippen molar-refractivity contribution >= 4 is 11.9 Å². The lowest BCUT2D eigenvalue weighted by atomic mass is 10.0. The highest BCUT2D eigenvalue weighted by molar-refractivity contribution is 5.77. The smallest absolute Gasteiger partial charge is 0.306 e. The fourth-order valence-corrected chi connectivity index (χ4v) is 8.02. The Balaban J connectivity index is 4.67. The second-order valence-corrected chi connectivity index (χ2v) is 18.6. The fourth-order valence-electron chi connectivity index (χ4n) is 8.02. The van der Waals surface area contributed by atoms with Gasteiger partial charge in [-0.15, -0.1) is 0 Å². The summed E-state index contributed by atoms with van der Waals surface area (Å²) in [6.45, 7) is 6.33. The monoisotopic (exact) mass is 920 g/mol. The molecule has 0 aliphatic heterocycles. The number of unbranched alkanes of at least 4 members (excludes halogenated alkanes) is 23. The van der Waals surface area contributed by atoms with Gasteiger partial charge in [0, 0.05) is 6.42 Å². The van der Waals surface area contributed by atoms with Crippen LogP contribution in [0, 0.1) is 0 Å². The Labute approximate surface area is 408 Å². The van der Waals surface area contributed by atoms with Crippen LogP contribution in [-0.4, -0.2) is 46.9 Å². The lowest BCUT2D eigenvalue weighted by molar-refractivity contribution is -0.151. The van der Waals surface area contributed by atoms with E-state index >= 15 is 0 Å². The van der Waals surface area contributed by atoms with E-state index in [1.807, 2.05) is 0 Å². The fraction of sp³-hybridized carbons (Fsp3) is 0.733. The van der Waals surface area contributed by atoms with E-state index in [-0.39, 0.29) is 24.9 Å². The summed E-state index contributed by atoms with van der Waals surface area (Å²) in [7, 11) is 0. The van der Waals surface area contributed by atoms with Crippen LogP contribution in [0.2, 0.25) is 0 Å². The van der Waals surface area contributed by atoms with Gasteiger partial charge in [-0.25, -0.2) is 0 Å². The molecule has 0 saturated heterocycles. The van der Waals surface area contributed by atoms with Gasteiger partial charge in [-0.1, -0.05) is 234 Å². The molecule has 3 atom stereocenters. The number of hydrogen-bond acceptors (Lipinski definition) is 5. The molecule has 1 amide bonds. The predicted molar refractivity (Wildman–Crippen MR) is 287 cm³/mol. The maximum absolute atomic E-state index is 13.2. The number of nitrogens with one attached hydrogen (secondary N) is 1. The van der Waals surface area contributed by atoms with E-state index in [0.29, 0.717) is 19.3 Å². The highest BCUT2D eigenvalue weighted by atomic mass is 16.5. The minimum absolute atomic E-state index is 0.0336. The van der Waals surface area contributed by atoms with Crippen molar-refractivity contribution in [3.8, 4) is 0 Å². The zero-order valence-corrected chi connectivity index (χ0v) is 43.3. The third-order valence-electron chi connectivity index (χ3n) is 12.2. The molecular weight excluding hydrogens is 815 g/mol. The van der Waals surface area contributed by atoms with Crippen LogP contribution in [0.25, 0.3) is 0 Å². The Hall–Kier alpha value is -2.96. The minimum Gasteiger partial charge on any atom is -0.462 e. The first kappa shape index (κ1) is 63.0. The number of esters is 1. The summed E-state index contributed by atoms with van der Waals surface area (Å²) in [6, 6.07) is -0.724. The van der Waals surface area contributed by atoms with Crippen molar-refractivity contribution in [3.05, 3.63) is 85.1 Å². The first-order valence-corrected chi connectivity index (χ1v) is 27.8. The SMILES string of the molecule is CC/C=C\C/C=C\C/C=C\C/C=C\C/C=C\CCCC(CC(=O)NC(CO)C(O)CCCCCCCCCCCCC)OC(=O)CCCCCCCCCCC/C=C\C/C=C\CCCCC. The molecule has 66 heavy (non-hydrogen) atoms. The molecule has 6 nitrogen and oxygen atoms in total. The van der Waals surface area contributed by atoms with E-state index in [4.69, 9.17) is 4.74 Å². The number of amides is 1. The Kier molecular flexibility index (Phi) is 50.6. The number of aliphatic hydroxyl groups is 2.